The quantitative estimate of drug-likeness (QED) is 0.323. The van der Waals surface area contributed by atoms with E-state index in [1.165, 1.54) is 5.56 Å². The maximum Gasteiger partial charge on any atom is 0.188 e. The Morgan fingerprint density at radius 1 is 1.10 bits per heavy atom. The first kappa shape index (κ1) is 21.2. The van der Waals surface area contributed by atoms with Crippen molar-refractivity contribution in [2.75, 3.05) is 20.8 Å². The van der Waals surface area contributed by atoms with Gasteiger partial charge in [0.05, 0.1) is 32.1 Å². The second kappa shape index (κ2) is 10.3. The lowest BCUT2D eigenvalue weighted by Crippen LogP contribution is -2.32. The number of nitrogens with one attached hydrogen (secondary N) is 1. The zero-order valence-corrected chi connectivity index (χ0v) is 17.8. The molecule has 0 amide bonds. The number of aryl methyl sites for hydroxylation is 2. The average Bonchev–Trinajstić information content (AvgIpc) is 3.16. The number of methoxy groups -OCH3 is 2. The van der Waals surface area contributed by atoms with E-state index >= 15 is 0 Å². The summed E-state index contributed by atoms with van der Waals surface area (Å²) in [5.74, 6) is 1.81. The first-order chi connectivity index (χ1) is 14.6. The molecule has 0 radical (unpaired) electrons. The second-order valence-corrected chi connectivity index (χ2v) is 6.94. The normalized spacial score (nSPS) is 11.4. The first-order valence-electron chi connectivity index (χ1n) is 9.96. The molecule has 0 saturated heterocycles. The number of guanidine groups is 1. The summed E-state index contributed by atoms with van der Waals surface area (Å²) >= 11 is 0. The molecule has 7 nitrogen and oxygen atoms in total. The van der Waals surface area contributed by atoms with E-state index in [0.29, 0.717) is 24.0 Å². The van der Waals surface area contributed by atoms with Crippen LogP contribution in [0.25, 0.3) is 5.69 Å². The van der Waals surface area contributed by atoms with Gasteiger partial charge in [-0.05, 0) is 55.2 Å². The van der Waals surface area contributed by atoms with Gasteiger partial charge in [0.15, 0.2) is 17.5 Å². The Kier molecular flexibility index (Phi) is 7.32. The monoisotopic (exact) mass is 407 g/mol. The van der Waals surface area contributed by atoms with Crippen LogP contribution in [0.3, 0.4) is 0 Å². The summed E-state index contributed by atoms with van der Waals surface area (Å²) < 4.78 is 12.5. The van der Waals surface area contributed by atoms with Gasteiger partial charge in [-0.1, -0.05) is 24.3 Å². The zero-order valence-electron chi connectivity index (χ0n) is 17.8. The van der Waals surface area contributed by atoms with Gasteiger partial charge in [0.25, 0.3) is 0 Å². The molecule has 7 heteroatoms. The van der Waals surface area contributed by atoms with Gasteiger partial charge in [0.2, 0.25) is 0 Å². The Hall–Kier alpha value is -3.48. The highest BCUT2D eigenvalue weighted by atomic mass is 16.5. The van der Waals surface area contributed by atoms with Crippen LogP contribution in [-0.2, 0) is 13.0 Å². The molecule has 1 heterocycles. The van der Waals surface area contributed by atoms with Gasteiger partial charge >= 0.3 is 0 Å². The van der Waals surface area contributed by atoms with Crippen LogP contribution < -0.4 is 20.5 Å². The summed E-state index contributed by atoms with van der Waals surface area (Å²) in [6.45, 7) is 3.26. The van der Waals surface area contributed by atoms with Crippen molar-refractivity contribution in [3.05, 3.63) is 71.5 Å². The van der Waals surface area contributed by atoms with Crippen LogP contribution in [0.1, 0.15) is 23.2 Å². The Balaban J connectivity index is 1.47. The number of hydrogen-bond donors (Lipinski definition) is 2. The number of para-hydroxylation sites is 1. The number of aromatic nitrogens is 2. The minimum absolute atomic E-state index is 0.432. The van der Waals surface area contributed by atoms with Crippen LogP contribution in [0.2, 0.25) is 0 Å². The van der Waals surface area contributed by atoms with Crippen LogP contribution in [-0.4, -0.2) is 36.5 Å². The van der Waals surface area contributed by atoms with E-state index in [-0.39, 0.29) is 0 Å². The molecule has 0 atom stereocenters. The topological polar surface area (TPSA) is 86.7 Å². The van der Waals surface area contributed by atoms with E-state index in [2.05, 4.69) is 21.6 Å². The molecule has 0 unspecified atom stereocenters. The van der Waals surface area contributed by atoms with Gasteiger partial charge in [0, 0.05) is 12.7 Å². The van der Waals surface area contributed by atoms with Crippen molar-refractivity contribution in [2.24, 2.45) is 10.7 Å². The van der Waals surface area contributed by atoms with E-state index < -0.39 is 0 Å². The second-order valence-electron chi connectivity index (χ2n) is 6.94. The van der Waals surface area contributed by atoms with Gasteiger partial charge < -0.3 is 20.5 Å². The highest BCUT2D eigenvalue weighted by Crippen LogP contribution is 2.27. The summed E-state index contributed by atoms with van der Waals surface area (Å²) in [5, 5.41) is 7.79. The molecule has 3 aromatic rings. The third-order valence-corrected chi connectivity index (χ3v) is 4.83. The van der Waals surface area contributed by atoms with Crippen molar-refractivity contribution >= 4 is 5.96 Å². The summed E-state index contributed by atoms with van der Waals surface area (Å²) in [4.78, 5) is 4.40. The van der Waals surface area contributed by atoms with Crippen LogP contribution in [0.4, 0.5) is 0 Å². The number of aliphatic imine (C=N–C) groups is 1. The smallest absolute Gasteiger partial charge is 0.188 e. The molecular weight excluding hydrogens is 378 g/mol. The molecule has 0 saturated carbocycles. The van der Waals surface area contributed by atoms with Gasteiger partial charge in [0.1, 0.15) is 0 Å². The molecule has 3 rings (SSSR count). The fourth-order valence-corrected chi connectivity index (χ4v) is 3.16. The largest absolute Gasteiger partial charge is 0.493 e. The standard InChI is InChI=1S/C23H29N5O2/c1-17-19(16-28(27-17)20-9-5-4-6-10-20)8-7-13-25-23(24)26-15-18-11-12-21(29-2)22(14-18)30-3/h4-6,9-12,14,16H,7-8,13,15H2,1-3H3,(H3,24,25,26). The van der Waals surface area contributed by atoms with Crippen molar-refractivity contribution in [1.82, 2.24) is 15.1 Å². The van der Waals surface area contributed by atoms with Gasteiger partial charge in [-0.15, -0.1) is 0 Å². The van der Waals surface area contributed by atoms with E-state index in [4.69, 9.17) is 15.2 Å². The maximum absolute atomic E-state index is 6.00. The number of ether oxygens (including phenoxy) is 2. The predicted molar refractivity (Wildman–Crippen MR) is 119 cm³/mol. The fourth-order valence-electron chi connectivity index (χ4n) is 3.16. The zero-order chi connectivity index (χ0) is 21.3. The maximum atomic E-state index is 6.00. The van der Waals surface area contributed by atoms with E-state index in [0.717, 1.165) is 36.3 Å². The molecular formula is C23H29N5O2. The minimum Gasteiger partial charge on any atom is -0.493 e. The molecule has 2 aromatic carbocycles. The van der Waals surface area contributed by atoms with Crippen molar-refractivity contribution in [3.63, 3.8) is 0 Å². The SMILES string of the molecule is COc1ccc(CN=C(N)NCCCc2cn(-c3ccccc3)nc2C)cc1OC. The van der Waals surface area contributed by atoms with Gasteiger partial charge in [-0.3, -0.25) is 0 Å². The van der Waals surface area contributed by atoms with E-state index in [9.17, 15) is 0 Å². The summed E-state index contributed by atoms with van der Waals surface area (Å²) in [6, 6.07) is 15.9. The van der Waals surface area contributed by atoms with Crippen molar-refractivity contribution in [2.45, 2.75) is 26.3 Å². The Bertz CT molecular complexity index is 983. The molecule has 1 aromatic heterocycles. The van der Waals surface area contributed by atoms with Crippen LogP contribution in [0, 0.1) is 6.92 Å². The molecule has 3 N–H and O–H groups in total. The predicted octanol–water partition coefficient (Wildman–Crippen LogP) is 3.24. The first-order valence-corrected chi connectivity index (χ1v) is 9.96. The fraction of sp³-hybridized carbons (Fsp3) is 0.304. The van der Waals surface area contributed by atoms with Crippen LogP contribution >= 0.6 is 0 Å². The van der Waals surface area contributed by atoms with Crippen molar-refractivity contribution < 1.29 is 9.47 Å². The van der Waals surface area contributed by atoms with Crippen molar-refractivity contribution in [3.8, 4) is 17.2 Å². The van der Waals surface area contributed by atoms with Gasteiger partial charge in [-0.2, -0.15) is 5.10 Å². The molecule has 0 bridgehead atoms. The summed E-state index contributed by atoms with van der Waals surface area (Å²) in [6.07, 6.45) is 3.96. The van der Waals surface area contributed by atoms with Crippen LogP contribution in [0.5, 0.6) is 11.5 Å². The number of nitrogens with two attached hydrogens (primary N) is 1. The third-order valence-electron chi connectivity index (χ3n) is 4.83. The molecule has 0 aliphatic rings. The number of rotatable bonds is 9. The number of nitrogens with zero attached hydrogens (tertiary/aromatic N) is 3. The Morgan fingerprint density at radius 2 is 1.87 bits per heavy atom. The summed E-state index contributed by atoms with van der Waals surface area (Å²) in [5.41, 5.74) is 10.4. The number of hydrogen-bond acceptors (Lipinski definition) is 4. The molecule has 0 spiro atoms. The van der Waals surface area contributed by atoms with Crippen molar-refractivity contribution in [1.29, 1.82) is 0 Å². The summed E-state index contributed by atoms with van der Waals surface area (Å²) in [7, 11) is 3.23. The average molecular weight is 408 g/mol. The lowest BCUT2D eigenvalue weighted by molar-refractivity contribution is 0.354. The Labute approximate surface area is 177 Å². The molecule has 30 heavy (non-hydrogen) atoms. The van der Waals surface area contributed by atoms with Crippen LogP contribution in [0.15, 0.2) is 59.7 Å². The molecule has 158 valence electrons. The molecule has 0 aliphatic heterocycles. The third kappa shape index (κ3) is 5.53. The Morgan fingerprint density at radius 3 is 2.60 bits per heavy atom. The van der Waals surface area contributed by atoms with E-state index in [1.54, 1.807) is 14.2 Å². The number of benzene rings is 2. The molecule has 0 aliphatic carbocycles. The van der Waals surface area contributed by atoms with Gasteiger partial charge in [-0.25, -0.2) is 9.67 Å². The lowest BCUT2D eigenvalue weighted by atomic mass is 10.1. The minimum atomic E-state index is 0.432. The van der Waals surface area contributed by atoms with E-state index in [1.807, 2.05) is 60.1 Å². The highest BCUT2D eigenvalue weighted by molar-refractivity contribution is 5.77. The lowest BCUT2D eigenvalue weighted by Gasteiger charge is -2.09. The highest BCUT2D eigenvalue weighted by Gasteiger charge is 2.07. The molecule has 0 fully saturated rings.